The molecule has 0 unspecified atom stereocenters. The molecule has 2 fully saturated rings. The van der Waals surface area contributed by atoms with Crippen LogP contribution in [0.15, 0.2) is 43.1 Å². The van der Waals surface area contributed by atoms with E-state index in [2.05, 4.69) is 40.1 Å². The van der Waals surface area contributed by atoms with Crippen LogP contribution in [0.25, 0.3) is 16.8 Å². The van der Waals surface area contributed by atoms with E-state index in [0.29, 0.717) is 24.5 Å². The molecule has 2 saturated heterocycles. The van der Waals surface area contributed by atoms with E-state index in [-0.39, 0.29) is 17.4 Å². The predicted octanol–water partition coefficient (Wildman–Crippen LogP) is 5.33. The summed E-state index contributed by atoms with van der Waals surface area (Å²) < 4.78 is 92.9. The van der Waals surface area contributed by atoms with Crippen LogP contribution in [0.3, 0.4) is 0 Å². The fourth-order valence-electron chi connectivity index (χ4n) is 6.42. The molecule has 0 aliphatic carbocycles. The Morgan fingerprint density at radius 1 is 0.942 bits per heavy atom. The minimum atomic E-state index is -5.65. The molecule has 0 spiro atoms. The molecule has 4 aromatic rings. The molecule has 5 heterocycles. The minimum absolute atomic E-state index is 0.0130. The topological polar surface area (TPSA) is 145 Å². The maximum Gasteiger partial charge on any atom is 0.491 e. The number of esters is 2. The molecule has 1 atom stereocenters. The Kier molecular flexibility index (Phi) is 10.5. The number of nitrogens with one attached hydrogen (secondary N) is 2. The van der Waals surface area contributed by atoms with Gasteiger partial charge in [0.15, 0.2) is 17.1 Å². The number of aryl methyl sites for hydroxylation is 1. The highest BCUT2D eigenvalue weighted by molar-refractivity contribution is 6.08. The van der Waals surface area contributed by atoms with E-state index in [1.165, 1.54) is 29.5 Å². The molecule has 1 amide bonds. The number of alkyl halides is 6. The molecule has 0 radical (unpaired) electrons. The van der Waals surface area contributed by atoms with Gasteiger partial charge in [0.1, 0.15) is 5.82 Å². The molecule has 2 N–H and O–H groups in total. The zero-order valence-electron chi connectivity index (χ0n) is 27.8. The van der Waals surface area contributed by atoms with E-state index < -0.39 is 52.8 Å². The third-order valence-corrected chi connectivity index (χ3v) is 9.08. The summed E-state index contributed by atoms with van der Waals surface area (Å²) in [4.78, 5) is 48.6. The summed E-state index contributed by atoms with van der Waals surface area (Å²) in [6, 6.07) is 2.03. The highest BCUT2D eigenvalue weighted by Gasteiger charge is 2.45. The van der Waals surface area contributed by atoms with Gasteiger partial charge in [0, 0.05) is 30.1 Å². The van der Waals surface area contributed by atoms with Gasteiger partial charge < -0.3 is 24.5 Å². The maximum atomic E-state index is 13.6. The minimum Gasteiger partial charge on any atom is -0.415 e. The molecule has 278 valence electrons. The fourth-order valence-corrected chi connectivity index (χ4v) is 6.42. The van der Waals surface area contributed by atoms with E-state index in [0.717, 1.165) is 69.6 Å². The van der Waals surface area contributed by atoms with Crippen molar-refractivity contribution in [3.05, 3.63) is 54.4 Å². The van der Waals surface area contributed by atoms with Gasteiger partial charge in [0.05, 0.1) is 35.9 Å². The van der Waals surface area contributed by atoms with Crippen LogP contribution in [0.5, 0.6) is 11.5 Å². The number of rotatable bonds is 10. The number of carbonyl (C=O) groups is 3. The van der Waals surface area contributed by atoms with E-state index >= 15 is 0 Å². The summed E-state index contributed by atoms with van der Waals surface area (Å²) in [5, 5.41) is 9.84. The number of fused-ring (bicyclic) bond motifs is 1. The quantitative estimate of drug-likeness (QED) is 0.125. The number of likely N-dealkylation sites (tertiary alicyclic amines) is 1. The molecule has 1 aromatic carbocycles. The molecule has 6 rings (SSSR count). The number of nitrogens with zero attached hydrogens (tertiary/aromatic N) is 6. The number of anilines is 1. The van der Waals surface area contributed by atoms with Gasteiger partial charge in [-0.1, -0.05) is 0 Å². The van der Waals surface area contributed by atoms with Crippen molar-refractivity contribution in [2.75, 3.05) is 32.0 Å². The largest absolute Gasteiger partial charge is 0.491 e. The lowest BCUT2D eigenvalue weighted by molar-refractivity contribution is -0.191. The van der Waals surface area contributed by atoms with Crippen LogP contribution in [-0.4, -0.2) is 85.9 Å². The fraction of sp³-hybridized carbons (Fsp3) is 0.455. The number of carbonyl (C=O) groups excluding carboxylic acids is 3. The summed E-state index contributed by atoms with van der Waals surface area (Å²) in [6.45, 7) is 3.13. The van der Waals surface area contributed by atoms with Crippen LogP contribution < -0.4 is 20.1 Å². The second kappa shape index (κ2) is 14.9. The monoisotopic (exact) mass is 736 g/mol. The lowest BCUT2D eigenvalue weighted by Gasteiger charge is -2.22. The van der Waals surface area contributed by atoms with Crippen LogP contribution in [0.2, 0.25) is 0 Å². The van der Waals surface area contributed by atoms with E-state index in [9.17, 15) is 40.7 Å². The molecule has 2 aliphatic rings. The van der Waals surface area contributed by atoms with Crippen molar-refractivity contribution in [2.24, 2.45) is 5.92 Å². The highest BCUT2D eigenvalue weighted by atomic mass is 19.4. The van der Waals surface area contributed by atoms with Crippen molar-refractivity contribution in [1.29, 1.82) is 0 Å². The van der Waals surface area contributed by atoms with Crippen LogP contribution >= 0.6 is 0 Å². The lowest BCUT2D eigenvalue weighted by Crippen LogP contribution is -2.31. The molecule has 0 saturated carbocycles. The van der Waals surface area contributed by atoms with E-state index in [4.69, 9.17) is 0 Å². The molecule has 3 aromatic heterocycles. The van der Waals surface area contributed by atoms with E-state index in [1.54, 1.807) is 10.6 Å². The number of imidazole rings is 1. The predicted molar refractivity (Wildman–Crippen MR) is 171 cm³/mol. The molecule has 13 nitrogen and oxygen atoms in total. The summed E-state index contributed by atoms with van der Waals surface area (Å²) in [6.07, 6.45) is 1.28. The summed E-state index contributed by atoms with van der Waals surface area (Å²) in [5.41, 5.74) is -0.0549. The van der Waals surface area contributed by atoms with Crippen molar-refractivity contribution >= 4 is 29.3 Å². The van der Waals surface area contributed by atoms with Crippen molar-refractivity contribution in [1.82, 2.24) is 34.4 Å². The molecular formula is C33H34F6N8O5. The molecule has 52 heavy (non-hydrogen) atoms. The van der Waals surface area contributed by atoms with E-state index in [1.807, 2.05) is 7.05 Å². The molecule has 0 bridgehead atoms. The summed E-state index contributed by atoms with van der Waals surface area (Å²) in [5.74, 6) is -9.17. The smallest absolute Gasteiger partial charge is 0.415 e. The van der Waals surface area contributed by atoms with Gasteiger partial charge in [-0.25, -0.2) is 19.6 Å². The Morgan fingerprint density at radius 2 is 1.65 bits per heavy atom. The average molecular weight is 737 g/mol. The van der Waals surface area contributed by atoms with Crippen molar-refractivity contribution in [3.63, 3.8) is 0 Å². The van der Waals surface area contributed by atoms with Crippen molar-refractivity contribution < 1.29 is 50.2 Å². The first-order chi connectivity index (χ1) is 24.7. The van der Waals surface area contributed by atoms with Crippen LogP contribution in [0.4, 0.5) is 32.2 Å². The number of ether oxygens (including phenoxy) is 2. The summed E-state index contributed by atoms with van der Waals surface area (Å²) in [7, 11) is 1.96. The van der Waals surface area contributed by atoms with Gasteiger partial charge in [-0.3, -0.25) is 14.4 Å². The first kappa shape index (κ1) is 36.7. The summed E-state index contributed by atoms with van der Waals surface area (Å²) >= 11 is 0. The van der Waals surface area contributed by atoms with Crippen LogP contribution in [0, 0.1) is 5.92 Å². The number of benzene rings is 1. The Morgan fingerprint density at radius 3 is 2.33 bits per heavy atom. The van der Waals surface area contributed by atoms with Crippen LogP contribution in [-0.2, 0) is 16.1 Å². The third-order valence-electron chi connectivity index (χ3n) is 9.08. The number of hydrogen-bond donors (Lipinski definition) is 2. The van der Waals surface area contributed by atoms with Gasteiger partial charge in [0.2, 0.25) is 0 Å². The Labute approximate surface area is 292 Å². The first-order valence-corrected chi connectivity index (χ1v) is 16.5. The van der Waals surface area contributed by atoms with Crippen molar-refractivity contribution in [3.8, 4) is 22.6 Å². The number of aromatic nitrogens is 5. The van der Waals surface area contributed by atoms with Gasteiger partial charge in [-0.15, -0.1) is 0 Å². The van der Waals surface area contributed by atoms with Gasteiger partial charge in [0.25, 0.3) is 5.91 Å². The number of piperidine rings is 1. The highest BCUT2D eigenvalue weighted by Crippen LogP contribution is 2.43. The Bertz CT molecular complexity index is 1950. The standard InChI is InChI=1S/C33H34F6N8O5/c1-45-12-3-5-24(45)23-17-46-18-25(41-15-26(46)43-23)44-29(48)22-7-6-21(20-14-42-47(16-20)13-2-4-19-8-10-40-11-9-19)27(51-30(49)32(34,35)36)28(22)52-31(50)33(37,38)39/h6-7,14-19,24,40H,2-5,8-13H2,1H3,(H,44,48)/t24-/m1/s1. The second-order valence-electron chi connectivity index (χ2n) is 12.7. The molecule has 19 heteroatoms. The normalized spacial score (nSPS) is 17.4. The third kappa shape index (κ3) is 8.36. The molecular weight excluding hydrogens is 702 g/mol. The average Bonchev–Trinajstić information content (AvgIpc) is 3.84. The van der Waals surface area contributed by atoms with Crippen LogP contribution in [0.1, 0.15) is 60.6 Å². The zero-order valence-corrected chi connectivity index (χ0v) is 27.8. The van der Waals surface area contributed by atoms with Gasteiger partial charge in [-0.05, 0) is 83.3 Å². The Balaban J connectivity index is 1.33. The number of amides is 1. The zero-order chi connectivity index (χ0) is 37.2. The van der Waals surface area contributed by atoms with Gasteiger partial charge >= 0.3 is 24.3 Å². The maximum absolute atomic E-state index is 13.6. The number of hydrogen-bond acceptors (Lipinski definition) is 10. The second-order valence-corrected chi connectivity index (χ2v) is 12.7. The van der Waals surface area contributed by atoms with Crippen molar-refractivity contribution in [2.45, 2.75) is 63.5 Å². The number of halogens is 6. The first-order valence-electron chi connectivity index (χ1n) is 16.5. The van der Waals surface area contributed by atoms with Gasteiger partial charge in [-0.2, -0.15) is 31.4 Å². The SMILES string of the molecule is CN1CCC[C@@H]1c1cn2cc(NC(=O)c3ccc(-c4cnn(CCCC5CCNCC5)c4)c(OC(=O)C(F)(F)F)c3OC(=O)C(F)(F)F)ncc2n1. The molecule has 2 aliphatic heterocycles. The Hall–Kier alpha value is -5.04. The lowest BCUT2D eigenvalue weighted by atomic mass is 9.93.